The van der Waals surface area contributed by atoms with Crippen molar-refractivity contribution in [1.82, 2.24) is 5.32 Å². The molecule has 0 aliphatic heterocycles. The molecule has 0 saturated heterocycles. The Morgan fingerprint density at radius 1 is 0.857 bits per heavy atom. The van der Waals surface area contributed by atoms with Crippen LogP contribution in [0.15, 0.2) is 78.9 Å². The summed E-state index contributed by atoms with van der Waals surface area (Å²) < 4.78 is 0. The van der Waals surface area contributed by atoms with E-state index in [0.717, 1.165) is 22.4 Å². The lowest BCUT2D eigenvalue weighted by Crippen LogP contribution is -2.25. The molecule has 3 aromatic rings. The zero-order chi connectivity index (χ0) is 19.8. The minimum absolute atomic E-state index is 0.0253. The van der Waals surface area contributed by atoms with E-state index >= 15 is 0 Å². The van der Waals surface area contributed by atoms with Crippen LogP contribution in [0.1, 0.15) is 11.1 Å². The second-order valence-corrected chi connectivity index (χ2v) is 6.73. The van der Waals surface area contributed by atoms with E-state index in [1.54, 1.807) is 0 Å². The molecule has 0 unspecified atom stereocenters. The highest BCUT2D eigenvalue weighted by Gasteiger charge is 2.03. The first-order valence-corrected chi connectivity index (χ1v) is 9.30. The van der Waals surface area contributed by atoms with Crippen LogP contribution in [0.25, 0.3) is 11.1 Å². The Balaban J connectivity index is 1.53. The summed E-state index contributed by atoms with van der Waals surface area (Å²) in [5.41, 5.74) is 5.34. The Morgan fingerprint density at radius 2 is 1.50 bits per heavy atom. The van der Waals surface area contributed by atoms with Gasteiger partial charge in [-0.1, -0.05) is 78.6 Å². The summed E-state index contributed by atoms with van der Waals surface area (Å²) in [5, 5.41) is 2.87. The van der Waals surface area contributed by atoms with E-state index in [0.29, 0.717) is 13.0 Å². The number of hydrogen-bond acceptors (Lipinski definition) is 2. The Hall–Kier alpha value is -3.51. The largest absolute Gasteiger partial charge is 0.377 e. The van der Waals surface area contributed by atoms with Crippen LogP contribution in [0.5, 0.6) is 0 Å². The van der Waals surface area contributed by atoms with Gasteiger partial charge >= 0.3 is 0 Å². The number of carbonyl (C=O) groups is 1. The molecule has 0 fully saturated rings. The van der Waals surface area contributed by atoms with Crippen molar-refractivity contribution in [3.05, 3.63) is 90.0 Å². The number of nitrogens with one attached hydrogen (secondary N) is 1. The van der Waals surface area contributed by atoms with E-state index in [1.807, 2.05) is 73.6 Å². The van der Waals surface area contributed by atoms with Crippen molar-refractivity contribution in [2.24, 2.45) is 0 Å². The predicted octanol–water partition coefficient (Wildman–Crippen LogP) is 4.13. The van der Waals surface area contributed by atoms with Crippen LogP contribution in [-0.4, -0.2) is 26.5 Å². The number of rotatable bonds is 5. The molecule has 0 radical (unpaired) electrons. The van der Waals surface area contributed by atoms with Gasteiger partial charge in [-0.15, -0.1) is 0 Å². The molecule has 3 nitrogen and oxygen atoms in total. The molecule has 0 bridgehead atoms. The average molecular weight is 368 g/mol. The van der Waals surface area contributed by atoms with E-state index in [2.05, 4.69) is 41.4 Å². The van der Waals surface area contributed by atoms with Crippen molar-refractivity contribution in [2.75, 3.05) is 25.5 Å². The smallest absolute Gasteiger partial charge is 0.225 e. The number of benzene rings is 3. The monoisotopic (exact) mass is 368 g/mol. The van der Waals surface area contributed by atoms with Crippen LogP contribution in [0.3, 0.4) is 0 Å². The summed E-state index contributed by atoms with van der Waals surface area (Å²) in [6.07, 6.45) is 0.352. The number of nitrogens with zero attached hydrogens (tertiary/aromatic N) is 1. The quantitative estimate of drug-likeness (QED) is 0.687. The lowest BCUT2D eigenvalue weighted by molar-refractivity contribution is -0.120. The molecule has 3 heteroatoms. The van der Waals surface area contributed by atoms with Crippen molar-refractivity contribution < 1.29 is 4.79 Å². The molecule has 1 amide bonds. The molecule has 140 valence electrons. The summed E-state index contributed by atoms with van der Waals surface area (Å²) in [5.74, 6) is 6.14. The molecule has 0 spiro atoms. The van der Waals surface area contributed by atoms with E-state index in [1.165, 1.54) is 5.56 Å². The van der Waals surface area contributed by atoms with Crippen molar-refractivity contribution in [2.45, 2.75) is 6.42 Å². The van der Waals surface area contributed by atoms with Gasteiger partial charge in [0.25, 0.3) is 0 Å². The van der Waals surface area contributed by atoms with Gasteiger partial charge in [0.1, 0.15) is 0 Å². The third-order valence-corrected chi connectivity index (χ3v) is 4.41. The molecule has 0 aliphatic carbocycles. The first kappa shape index (κ1) is 19.3. The topological polar surface area (TPSA) is 32.3 Å². The van der Waals surface area contributed by atoms with Gasteiger partial charge in [0, 0.05) is 19.7 Å². The molecule has 0 heterocycles. The number of hydrogen-bond donors (Lipinski definition) is 1. The Morgan fingerprint density at radius 3 is 2.21 bits per heavy atom. The summed E-state index contributed by atoms with van der Waals surface area (Å²) >= 11 is 0. The fraction of sp³-hybridized carbons (Fsp3) is 0.160. The fourth-order valence-electron chi connectivity index (χ4n) is 2.95. The normalized spacial score (nSPS) is 9.93. The SMILES string of the molecule is CN(C)c1ccccc1C#CCNC(=O)Cc1ccc(-c2ccccc2)cc1. The van der Waals surface area contributed by atoms with Crippen LogP contribution in [-0.2, 0) is 11.2 Å². The zero-order valence-electron chi connectivity index (χ0n) is 16.3. The summed E-state index contributed by atoms with van der Waals surface area (Å²) in [7, 11) is 3.98. The first-order valence-electron chi connectivity index (χ1n) is 9.30. The predicted molar refractivity (Wildman–Crippen MR) is 116 cm³/mol. The lowest BCUT2D eigenvalue weighted by Gasteiger charge is -2.13. The van der Waals surface area contributed by atoms with Gasteiger partial charge in [-0.05, 0) is 28.8 Å². The summed E-state index contributed by atoms with van der Waals surface area (Å²) in [6.45, 7) is 0.336. The van der Waals surface area contributed by atoms with Gasteiger partial charge in [-0.2, -0.15) is 0 Å². The molecule has 3 aromatic carbocycles. The van der Waals surface area contributed by atoms with E-state index in [9.17, 15) is 4.79 Å². The Labute approximate surface area is 167 Å². The molecule has 0 saturated carbocycles. The highest BCUT2D eigenvalue weighted by molar-refractivity contribution is 5.79. The minimum Gasteiger partial charge on any atom is -0.377 e. The minimum atomic E-state index is -0.0253. The second-order valence-electron chi connectivity index (χ2n) is 6.73. The Kier molecular flexibility index (Phi) is 6.49. The Bertz CT molecular complexity index is 980. The maximum absolute atomic E-state index is 12.2. The maximum atomic E-state index is 12.2. The molecule has 0 aliphatic rings. The fourth-order valence-corrected chi connectivity index (χ4v) is 2.95. The van der Waals surface area contributed by atoms with Crippen molar-refractivity contribution in [3.63, 3.8) is 0 Å². The van der Waals surface area contributed by atoms with E-state index in [4.69, 9.17) is 0 Å². The number of para-hydroxylation sites is 1. The van der Waals surface area contributed by atoms with Gasteiger partial charge in [0.15, 0.2) is 0 Å². The average Bonchev–Trinajstić information content (AvgIpc) is 2.72. The van der Waals surface area contributed by atoms with Crippen LogP contribution in [0.4, 0.5) is 5.69 Å². The van der Waals surface area contributed by atoms with Crippen molar-refractivity contribution in [1.29, 1.82) is 0 Å². The number of amides is 1. The summed E-state index contributed by atoms with van der Waals surface area (Å²) in [6, 6.07) is 26.3. The molecule has 1 N–H and O–H groups in total. The first-order chi connectivity index (χ1) is 13.6. The highest BCUT2D eigenvalue weighted by Crippen LogP contribution is 2.19. The van der Waals surface area contributed by atoms with Gasteiger partial charge < -0.3 is 10.2 Å². The van der Waals surface area contributed by atoms with Gasteiger partial charge in [0.05, 0.1) is 18.7 Å². The highest BCUT2D eigenvalue weighted by atomic mass is 16.1. The molecular formula is C25H24N2O. The van der Waals surface area contributed by atoms with Crippen molar-refractivity contribution in [3.8, 4) is 23.0 Å². The van der Waals surface area contributed by atoms with Gasteiger partial charge in [-0.25, -0.2) is 0 Å². The molecule has 3 rings (SSSR count). The standard InChI is InChI=1S/C25H24N2O/c1-27(2)24-13-7-6-11-23(24)12-8-18-26-25(28)19-20-14-16-22(17-15-20)21-9-4-3-5-10-21/h3-7,9-11,13-17H,18-19H2,1-2H3,(H,26,28). The molecule has 28 heavy (non-hydrogen) atoms. The second kappa shape index (κ2) is 9.43. The van der Waals surface area contributed by atoms with Crippen LogP contribution in [0, 0.1) is 11.8 Å². The third kappa shape index (κ3) is 5.25. The summed E-state index contributed by atoms with van der Waals surface area (Å²) in [4.78, 5) is 14.2. The third-order valence-electron chi connectivity index (χ3n) is 4.41. The zero-order valence-corrected chi connectivity index (χ0v) is 16.3. The van der Waals surface area contributed by atoms with E-state index < -0.39 is 0 Å². The van der Waals surface area contributed by atoms with Gasteiger partial charge in [-0.3, -0.25) is 4.79 Å². The van der Waals surface area contributed by atoms with Crippen LogP contribution in [0.2, 0.25) is 0 Å². The van der Waals surface area contributed by atoms with E-state index in [-0.39, 0.29) is 5.91 Å². The molecule has 0 aromatic heterocycles. The molecule has 0 atom stereocenters. The molecular weight excluding hydrogens is 344 g/mol. The number of anilines is 1. The number of carbonyl (C=O) groups excluding carboxylic acids is 1. The van der Waals surface area contributed by atoms with Crippen molar-refractivity contribution >= 4 is 11.6 Å². The van der Waals surface area contributed by atoms with Crippen LogP contribution >= 0.6 is 0 Å². The lowest BCUT2D eigenvalue weighted by atomic mass is 10.0. The van der Waals surface area contributed by atoms with Gasteiger partial charge in [0.2, 0.25) is 5.91 Å². The maximum Gasteiger partial charge on any atom is 0.225 e. The van der Waals surface area contributed by atoms with Crippen LogP contribution < -0.4 is 10.2 Å².